The smallest absolute Gasteiger partial charge is 0.308 e. The van der Waals surface area contributed by atoms with Crippen molar-refractivity contribution >= 4 is 23.5 Å². The van der Waals surface area contributed by atoms with Crippen LogP contribution >= 0.6 is 11.6 Å². The Morgan fingerprint density at radius 3 is 2.47 bits per heavy atom. The first kappa shape index (κ1) is 25.8. The lowest BCUT2D eigenvalue weighted by Gasteiger charge is -2.27. The standard InChI is InChI=1S/C26H32ClN3O4/c1-17-5-7-19(8-6-17)16-30-22(21(29-25(30)27)13-14-26(2,3)33)23(31)28-15-18-9-11-20(12-10-18)24(32)34-4/h5-8,18,20,33H,9-12,15-16H2,1-4H3,(H,28,31)/t18-,20-. The molecular weight excluding hydrogens is 454 g/mol. The van der Waals surface area contributed by atoms with Gasteiger partial charge < -0.3 is 19.7 Å². The van der Waals surface area contributed by atoms with Crippen LogP contribution in [0.4, 0.5) is 0 Å². The van der Waals surface area contributed by atoms with Crippen molar-refractivity contribution in [3.05, 3.63) is 52.1 Å². The number of aryl methyl sites for hydroxylation is 1. The van der Waals surface area contributed by atoms with E-state index < -0.39 is 5.60 Å². The largest absolute Gasteiger partial charge is 0.469 e. The molecule has 1 aromatic heterocycles. The predicted octanol–water partition coefficient (Wildman–Crippen LogP) is 3.72. The molecule has 1 aliphatic rings. The van der Waals surface area contributed by atoms with Crippen LogP contribution in [0.25, 0.3) is 0 Å². The van der Waals surface area contributed by atoms with Crippen LogP contribution in [-0.2, 0) is 16.1 Å². The van der Waals surface area contributed by atoms with E-state index in [1.165, 1.54) is 7.11 Å². The number of ether oxygens (including phenoxy) is 1. The Morgan fingerprint density at radius 1 is 1.24 bits per heavy atom. The second-order valence-corrected chi connectivity index (χ2v) is 9.75. The molecule has 7 nitrogen and oxygen atoms in total. The molecule has 1 aromatic carbocycles. The normalized spacial score (nSPS) is 18.1. The molecule has 1 saturated carbocycles. The first-order valence-electron chi connectivity index (χ1n) is 11.5. The molecule has 0 unspecified atom stereocenters. The second-order valence-electron chi connectivity index (χ2n) is 9.41. The maximum Gasteiger partial charge on any atom is 0.308 e. The minimum Gasteiger partial charge on any atom is -0.469 e. The lowest BCUT2D eigenvalue weighted by molar-refractivity contribution is -0.146. The summed E-state index contributed by atoms with van der Waals surface area (Å²) < 4.78 is 6.49. The molecule has 3 rings (SSSR count). The van der Waals surface area contributed by atoms with Crippen LogP contribution in [0.2, 0.25) is 5.28 Å². The van der Waals surface area contributed by atoms with Gasteiger partial charge in [-0.15, -0.1) is 0 Å². The number of nitrogens with one attached hydrogen (secondary N) is 1. The van der Waals surface area contributed by atoms with Gasteiger partial charge in [0.25, 0.3) is 5.91 Å². The van der Waals surface area contributed by atoms with Gasteiger partial charge in [0.2, 0.25) is 5.28 Å². The molecule has 1 heterocycles. The van der Waals surface area contributed by atoms with Crippen LogP contribution in [0, 0.1) is 30.6 Å². The van der Waals surface area contributed by atoms with Gasteiger partial charge in [0.15, 0.2) is 0 Å². The molecule has 182 valence electrons. The third kappa shape index (κ3) is 6.85. The molecular formula is C26H32ClN3O4. The molecule has 2 aromatic rings. The lowest BCUT2D eigenvalue weighted by Crippen LogP contribution is -2.34. The number of methoxy groups -OCH3 is 1. The molecule has 1 fully saturated rings. The predicted molar refractivity (Wildman–Crippen MR) is 130 cm³/mol. The number of carbonyl (C=O) groups excluding carboxylic acids is 2. The Bertz CT molecular complexity index is 1080. The van der Waals surface area contributed by atoms with E-state index in [4.69, 9.17) is 16.3 Å². The molecule has 0 atom stereocenters. The third-order valence-corrected chi connectivity index (χ3v) is 6.31. The van der Waals surface area contributed by atoms with Gasteiger partial charge in [-0.2, -0.15) is 0 Å². The number of halogens is 1. The molecule has 0 saturated heterocycles. The SMILES string of the molecule is COC(=O)[C@H]1CC[C@H](CNC(=O)c2c(C#CC(C)(C)O)nc(Cl)n2Cc2ccc(C)cc2)CC1. The number of rotatable bonds is 6. The third-order valence-electron chi connectivity index (χ3n) is 6.02. The van der Waals surface area contributed by atoms with Crippen LogP contribution in [0.5, 0.6) is 0 Å². The van der Waals surface area contributed by atoms with E-state index in [1.807, 2.05) is 31.2 Å². The Hall–Kier alpha value is -2.82. The molecule has 0 radical (unpaired) electrons. The Kier molecular flexibility index (Phi) is 8.40. The van der Waals surface area contributed by atoms with Gasteiger partial charge in [-0.1, -0.05) is 35.7 Å². The zero-order chi connectivity index (χ0) is 24.9. The average Bonchev–Trinajstić information content (AvgIpc) is 3.12. The van der Waals surface area contributed by atoms with E-state index in [-0.39, 0.29) is 40.4 Å². The fraction of sp³-hybridized carbons (Fsp3) is 0.500. The zero-order valence-corrected chi connectivity index (χ0v) is 20.9. The molecule has 0 aliphatic heterocycles. The number of esters is 1. The molecule has 1 aliphatic carbocycles. The lowest BCUT2D eigenvalue weighted by atomic mass is 9.82. The van der Waals surface area contributed by atoms with E-state index in [2.05, 4.69) is 22.1 Å². The van der Waals surface area contributed by atoms with Gasteiger partial charge in [0.1, 0.15) is 17.0 Å². The van der Waals surface area contributed by atoms with Crippen molar-refractivity contribution in [2.75, 3.05) is 13.7 Å². The number of benzene rings is 1. The number of hydrogen-bond acceptors (Lipinski definition) is 5. The van der Waals surface area contributed by atoms with Crippen molar-refractivity contribution in [1.29, 1.82) is 0 Å². The van der Waals surface area contributed by atoms with Crippen LogP contribution in [0.15, 0.2) is 24.3 Å². The number of aromatic nitrogens is 2. The van der Waals surface area contributed by atoms with Crippen LogP contribution in [0.1, 0.15) is 66.8 Å². The topological polar surface area (TPSA) is 93.4 Å². The summed E-state index contributed by atoms with van der Waals surface area (Å²) in [6.45, 7) is 5.99. The van der Waals surface area contributed by atoms with Crippen molar-refractivity contribution in [3.8, 4) is 11.8 Å². The Balaban J connectivity index is 1.79. The highest BCUT2D eigenvalue weighted by Gasteiger charge is 2.28. The summed E-state index contributed by atoms with van der Waals surface area (Å²) in [6.07, 6.45) is 3.20. The van der Waals surface area contributed by atoms with Gasteiger partial charge in [-0.25, -0.2) is 4.98 Å². The molecule has 2 N–H and O–H groups in total. The molecule has 8 heteroatoms. The number of carbonyl (C=O) groups is 2. The first-order valence-corrected chi connectivity index (χ1v) is 11.9. The van der Waals surface area contributed by atoms with Crippen molar-refractivity contribution in [1.82, 2.24) is 14.9 Å². The zero-order valence-electron chi connectivity index (χ0n) is 20.2. The van der Waals surface area contributed by atoms with E-state index in [9.17, 15) is 14.7 Å². The Labute approximate surface area is 205 Å². The van der Waals surface area contributed by atoms with Crippen LogP contribution in [-0.4, -0.2) is 45.8 Å². The van der Waals surface area contributed by atoms with E-state index in [1.54, 1.807) is 18.4 Å². The van der Waals surface area contributed by atoms with Gasteiger partial charge in [-0.3, -0.25) is 9.59 Å². The summed E-state index contributed by atoms with van der Waals surface area (Å²) in [6, 6.07) is 7.96. The molecule has 34 heavy (non-hydrogen) atoms. The van der Waals surface area contributed by atoms with Crippen molar-refractivity contribution in [2.45, 2.75) is 58.6 Å². The monoisotopic (exact) mass is 485 g/mol. The quantitative estimate of drug-likeness (QED) is 0.480. The first-order chi connectivity index (χ1) is 16.1. The number of imidazole rings is 1. The van der Waals surface area contributed by atoms with Crippen molar-refractivity contribution < 1.29 is 19.4 Å². The van der Waals surface area contributed by atoms with E-state index in [0.717, 1.165) is 36.8 Å². The van der Waals surface area contributed by atoms with E-state index in [0.29, 0.717) is 13.1 Å². The molecule has 1 amide bonds. The average molecular weight is 486 g/mol. The minimum absolute atomic E-state index is 0.0598. The Morgan fingerprint density at radius 2 is 1.88 bits per heavy atom. The summed E-state index contributed by atoms with van der Waals surface area (Å²) >= 11 is 6.43. The van der Waals surface area contributed by atoms with Gasteiger partial charge in [0.05, 0.1) is 19.6 Å². The summed E-state index contributed by atoms with van der Waals surface area (Å²) in [5.41, 5.74) is 1.37. The number of nitrogens with zero attached hydrogens (tertiary/aromatic N) is 2. The molecule has 0 bridgehead atoms. The van der Waals surface area contributed by atoms with Crippen molar-refractivity contribution in [3.63, 3.8) is 0 Å². The fourth-order valence-electron chi connectivity index (χ4n) is 4.07. The van der Waals surface area contributed by atoms with Crippen LogP contribution in [0.3, 0.4) is 0 Å². The summed E-state index contributed by atoms with van der Waals surface area (Å²) in [5, 5.41) is 13.2. The maximum absolute atomic E-state index is 13.3. The van der Waals surface area contributed by atoms with Gasteiger partial charge in [0, 0.05) is 6.54 Å². The highest BCUT2D eigenvalue weighted by atomic mass is 35.5. The van der Waals surface area contributed by atoms with Crippen LogP contribution < -0.4 is 5.32 Å². The van der Waals surface area contributed by atoms with Gasteiger partial charge >= 0.3 is 5.97 Å². The highest BCUT2D eigenvalue weighted by molar-refractivity contribution is 6.29. The van der Waals surface area contributed by atoms with Crippen molar-refractivity contribution in [2.24, 2.45) is 11.8 Å². The maximum atomic E-state index is 13.3. The molecule has 0 spiro atoms. The summed E-state index contributed by atoms with van der Waals surface area (Å²) in [7, 11) is 1.41. The summed E-state index contributed by atoms with van der Waals surface area (Å²) in [5.74, 6) is 5.28. The van der Waals surface area contributed by atoms with E-state index >= 15 is 0 Å². The number of hydrogen-bond donors (Lipinski definition) is 2. The summed E-state index contributed by atoms with van der Waals surface area (Å²) in [4.78, 5) is 29.4. The number of aliphatic hydroxyl groups is 1. The van der Waals surface area contributed by atoms with Gasteiger partial charge in [-0.05, 0) is 75.5 Å². The fourth-order valence-corrected chi connectivity index (χ4v) is 4.29. The number of amides is 1. The second kappa shape index (κ2) is 11.1. The highest BCUT2D eigenvalue weighted by Crippen LogP contribution is 2.29. The minimum atomic E-state index is -1.24.